The zero-order valence-corrected chi connectivity index (χ0v) is 10.3. The Morgan fingerprint density at radius 2 is 1.82 bits per heavy atom. The normalized spacial score (nSPS) is 10.3. The second kappa shape index (κ2) is 4.59. The van der Waals surface area contributed by atoms with Gasteiger partial charge in [-0.1, -0.05) is 23.7 Å². The van der Waals surface area contributed by atoms with Gasteiger partial charge in [0.2, 0.25) is 5.95 Å². The van der Waals surface area contributed by atoms with E-state index >= 15 is 0 Å². The van der Waals surface area contributed by atoms with Gasteiger partial charge in [-0.15, -0.1) is 0 Å². The summed E-state index contributed by atoms with van der Waals surface area (Å²) in [5.74, 6) is 0.602. The molecule has 0 aliphatic carbocycles. The molecule has 0 aliphatic heterocycles. The Balaban J connectivity index is 2.50. The molecule has 17 heavy (non-hydrogen) atoms. The van der Waals surface area contributed by atoms with Crippen LogP contribution in [0, 0.1) is 0 Å². The molecule has 1 aromatic carbocycles. The lowest BCUT2D eigenvalue weighted by Crippen LogP contribution is -2.12. The monoisotopic (exact) mass is 249 g/mol. The van der Waals surface area contributed by atoms with Crippen LogP contribution in [0.5, 0.6) is 5.75 Å². The summed E-state index contributed by atoms with van der Waals surface area (Å²) in [6, 6.07) is 7.13. The highest BCUT2D eigenvalue weighted by atomic mass is 35.5. The predicted molar refractivity (Wildman–Crippen MR) is 68.5 cm³/mol. The molecule has 2 aromatic rings. The molecule has 0 saturated carbocycles. The van der Waals surface area contributed by atoms with Crippen LogP contribution in [0.25, 0.3) is 11.3 Å². The van der Waals surface area contributed by atoms with Crippen molar-refractivity contribution in [3.63, 3.8) is 0 Å². The summed E-state index contributed by atoms with van der Waals surface area (Å²) >= 11 is 5.82. The highest BCUT2D eigenvalue weighted by Gasteiger charge is 2.09. The molecule has 1 N–H and O–H groups in total. The lowest BCUT2D eigenvalue weighted by atomic mass is 10.1. The lowest BCUT2D eigenvalue weighted by molar-refractivity contribution is 0.472. The number of halogens is 1. The second-order valence-corrected chi connectivity index (χ2v) is 4.24. The average Bonchev–Trinajstić information content (AvgIpc) is 2.31. The number of nitrogens with zero attached hydrogens (tertiary/aromatic N) is 3. The van der Waals surface area contributed by atoms with Crippen LogP contribution in [0.3, 0.4) is 0 Å². The van der Waals surface area contributed by atoms with Crippen molar-refractivity contribution < 1.29 is 5.11 Å². The molecule has 2 rings (SSSR count). The minimum absolute atomic E-state index is 0.0536. The molecule has 0 atom stereocenters. The van der Waals surface area contributed by atoms with Crippen LogP contribution in [-0.4, -0.2) is 29.2 Å². The summed E-state index contributed by atoms with van der Waals surface area (Å²) in [7, 11) is 3.69. The molecule has 0 amide bonds. The summed E-state index contributed by atoms with van der Waals surface area (Å²) in [6.45, 7) is 0. The zero-order chi connectivity index (χ0) is 12.4. The molecular formula is C12H12ClN3O. The molecule has 0 radical (unpaired) electrons. The van der Waals surface area contributed by atoms with E-state index in [0.717, 1.165) is 5.56 Å². The Bertz CT molecular complexity index is 526. The number of rotatable bonds is 2. The van der Waals surface area contributed by atoms with Gasteiger partial charge in [-0.05, 0) is 12.1 Å². The molecule has 88 valence electrons. The van der Waals surface area contributed by atoms with Gasteiger partial charge in [-0.25, -0.2) is 9.97 Å². The minimum Gasteiger partial charge on any atom is -0.504 e. The van der Waals surface area contributed by atoms with Crippen molar-refractivity contribution in [1.82, 2.24) is 9.97 Å². The van der Waals surface area contributed by atoms with Crippen LogP contribution in [0.2, 0.25) is 5.02 Å². The standard InChI is InChI=1S/C12H12ClN3O/c1-16(2)12-14-7-10(17)11(15-12)8-3-5-9(13)6-4-8/h3-7,17H,1-2H3. The van der Waals surface area contributed by atoms with Gasteiger partial charge >= 0.3 is 0 Å². The van der Waals surface area contributed by atoms with Crippen molar-refractivity contribution in [2.75, 3.05) is 19.0 Å². The van der Waals surface area contributed by atoms with Crippen molar-refractivity contribution >= 4 is 17.5 Å². The molecule has 0 fully saturated rings. The van der Waals surface area contributed by atoms with E-state index in [1.807, 2.05) is 26.2 Å². The first-order valence-corrected chi connectivity index (χ1v) is 5.45. The van der Waals surface area contributed by atoms with Gasteiger partial charge in [-0.3, -0.25) is 0 Å². The molecule has 4 nitrogen and oxygen atoms in total. The molecule has 0 aliphatic rings. The molecular weight excluding hydrogens is 238 g/mol. The number of hydrogen-bond acceptors (Lipinski definition) is 4. The third-order valence-corrected chi connectivity index (χ3v) is 2.53. The fourth-order valence-electron chi connectivity index (χ4n) is 1.40. The Labute approximate surface area is 105 Å². The Hall–Kier alpha value is -1.81. The molecule has 1 heterocycles. The van der Waals surface area contributed by atoms with E-state index in [1.54, 1.807) is 17.0 Å². The minimum atomic E-state index is 0.0536. The summed E-state index contributed by atoms with van der Waals surface area (Å²) in [6.07, 6.45) is 1.40. The third-order valence-electron chi connectivity index (χ3n) is 2.27. The van der Waals surface area contributed by atoms with Crippen molar-refractivity contribution in [3.8, 4) is 17.0 Å². The number of benzene rings is 1. The maximum atomic E-state index is 9.76. The maximum absolute atomic E-state index is 9.76. The van der Waals surface area contributed by atoms with E-state index in [1.165, 1.54) is 6.20 Å². The summed E-state index contributed by atoms with van der Waals surface area (Å²) in [5.41, 5.74) is 1.30. The quantitative estimate of drug-likeness (QED) is 0.889. The highest BCUT2D eigenvalue weighted by Crippen LogP contribution is 2.28. The van der Waals surface area contributed by atoms with Crippen molar-refractivity contribution in [2.24, 2.45) is 0 Å². The van der Waals surface area contributed by atoms with Crippen LogP contribution in [-0.2, 0) is 0 Å². The first kappa shape index (κ1) is 11.7. The van der Waals surface area contributed by atoms with Crippen molar-refractivity contribution in [2.45, 2.75) is 0 Å². The van der Waals surface area contributed by atoms with Gasteiger partial charge < -0.3 is 10.0 Å². The average molecular weight is 250 g/mol. The Morgan fingerprint density at radius 1 is 1.18 bits per heavy atom. The fourth-order valence-corrected chi connectivity index (χ4v) is 1.53. The molecule has 0 saturated heterocycles. The largest absolute Gasteiger partial charge is 0.504 e. The predicted octanol–water partition coefficient (Wildman–Crippen LogP) is 2.57. The number of aromatic hydroxyl groups is 1. The second-order valence-electron chi connectivity index (χ2n) is 3.81. The van der Waals surface area contributed by atoms with E-state index in [-0.39, 0.29) is 5.75 Å². The van der Waals surface area contributed by atoms with Crippen LogP contribution in [0.4, 0.5) is 5.95 Å². The summed E-state index contributed by atoms with van der Waals surface area (Å²) in [5, 5.41) is 10.4. The zero-order valence-electron chi connectivity index (χ0n) is 9.55. The van der Waals surface area contributed by atoms with E-state index < -0.39 is 0 Å². The van der Waals surface area contributed by atoms with Crippen LogP contribution in [0.1, 0.15) is 0 Å². The van der Waals surface area contributed by atoms with Gasteiger partial charge in [-0.2, -0.15) is 0 Å². The van der Waals surface area contributed by atoms with Crippen LogP contribution < -0.4 is 4.90 Å². The van der Waals surface area contributed by atoms with Crippen LogP contribution >= 0.6 is 11.6 Å². The van der Waals surface area contributed by atoms with E-state index in [9.17, 15) is 5.11 Å². The first-order chi connectivity index (χ1) is 8.08. The van der Waals surface area contributed by atoms with E-state index in [0.29, 0.717) is 16.7 Å². The van der Waals surface area contributed by atoms with E-state index in [4.69, 9.17) is 11.6 Å². The molecule has 0 unspecified atom stereocenters. The van der Waals surface area contributed by atoms with Crippen LogP contribution in [0.15, 0.2) is 30.5 Å². The van der Waals surface area contributed by atoms with Gasteiger partial charge in [0.1, 0.15) is 5.69 Å². The summed E-state index contributed by atoms with van der Waals surface area (Å²) in [4.78, 5) is 10.1. The Kier molecular flexibility index (Phi) is 3.15. The third kappa shape index (κ3) is 2.47. The molecule has 5 heteroatoms. The number of anilines is 1. The number of hydrogen-bond donors (Lipinski definition) is 1. The lowest BCUT2D eigenvalue weighted by Gasteiger charge is -2.12. The highest BCUT2D eigenvalue weighted by molar-refractivity contribution is 6.30. The SMILES string of the molecule is CN(C)c1ncc(O)c(-c2ccc(Cl)cc2)n1. The van der Waals surface area contributed by atoms with Gasteiger partial charge in [0.05, 0.1) is 6.20 Å². The topological polar surface area (TPSA) is 49.2 Å². The van der Waals surface area contributed by atoms with Gasteiger partial charge in [0.25, 0.3) is 0 Å². The molecule has 0 bridgehead atoms. The Morgan fingerprint density at radius 3 is 2.41 bits per heavy atom. The fraction of sp³-hybridized carbons (Fsp3) is 0.167. The van der Waals surface area contributed by atoms with E-state index in [2.05, 4.69) is 9.97 Å². The number of aromatic nitrogens is 2. The summed E-state index contributed by atoms with van der Waals surface area (Å²) < 4.78 is 0. The maximum Gasteiger partial charge on any atom is 0.225 e. The van der Waals surface area contributed by atoms with Crippen molar-refractivity contribution in [1.29, 1.82) is 0 Å². The van der Waals surface area contributed by atoms with Gasteiger partial charge in [0.15, 0.2) is 5.75 Å². The molecule has 1 aromatic heterocycles. The van der Waals surface area contributed by atoms with Gasteiger partial charge in [0, 0.05) is 24.7 Å². The first-order valence-electron chi connectivity index (χ1n) is 5.07. The smallest absolute Gasteiger partial charge is 0.225 e. The molecule has 0 spiro atoms. The van der Waals surface area contributed by atoms with Crippen molar-refractivity contribution in [3.05, 3.63) is 35.5 Å².